The Bertz CT molecular complexity index is 211. The van der Waals surface area contributed by atoms with Gasteiger partial charge in [0.15, 0.2) is 0 Å². The minimum absolute atomic E-state index is 0.774. The van der Waals surface area contributed by atoms with E-state index in [0.717, 1.165) is 12.4 Å². The molecular weight excluding hydrogens is 148 g/mol. The van der Waals surface area contributed by atoms with Crippen molar-refractivity contribution in [1.82, 2.24) is 0 Å². The lowest BCUT2D eigenvalue weighted by Crippen LogP contribution is -1.93. The summed E-state index contributed by atoms with van der Waals surface area (Å²) in [5.74, 6) is 1.09. The van der Waals surface area contributed by atoms with E-state index in [1.807, 2.05) is 6.92 Å². The zero-order valence-electron chi connectivity index (χ0n) is 8.31. The molecule has 0 unspecified atom stereocenters. The molecule has 0 heterocycles. The van der Waals surface area contributed by atoms with Crippen molar-refractivity contribution in [3.05, 3.63) is 23.0 Å². The van der Waals surface area contributed by atoms with Gasteiger partial charge in [-0.15, -0.1) is 0 Å². The van der Waals surface area contributed by atoms with Crippen molar-refractivity contribution in [3.8, 4) is 0 Å². The summed E-state index contributed by atoms with van der Waals surface area (Å²) >= 11 is 0. The lowest BCUT2D eigenvalue weighted by Gasteiger charge is -2.08. The van der Waals surface area contributed by atoms with Gasteiger partial charge in [-0.3, -0.25) is 0 Å². The molecule has 0 fully saturated rings. The Morgan fingerprint density at radius 2 is 2.25 bits per heavy atom. The highest BCUT2D eigenvalue weighted by molar-refractivity contribution is 5.32. The molecule has 0 radical (unpaired) electrons. The van der Waals surface area contributed by atoms with Crippen LogP contribution in [0.2, 0.25) is 0 Å². The van der Waals surface area contributed by atoms with Crippen molar-refractivity contribution in [3.63, 3.8) is 0 Å². The molecule has 1 nitrogen and oxygen atoms in total. The Morgan fingerprint density at radius 1 is 1.50 bits per heavy atom. The first-order chi connectivity index (χ1) is 5.75. The molecule has 1 aliphatic rings. The smallest absolute Gasteiger partial charge is 0.0960 e. The van der Waals surface area contributed by atoms with E-state index < -0.39 is 0 Å². The Balaban J connectivity index is 2.65. The van der Waals surface area contributed by atoms with Crippen LogP contribution < -0.4 is 0 Å². The Morgan fingerprint density at radius 3 is 2.75 bits per heavy atom. The van der Waals surface area contributed by atoms with Crippen molar-refractivity contribution in [2.45, 2.75) is 40.0 Å². The molecule has 0 aromatic rings. The molecule has 1 heteroatoms. The van der Waals surface area contributed by atoms with Crippen LogP contribution in [-0.2, 0) is 4.74 Å². The van der Waals surface area contributed by atoms with Crippen LogP contribution in [0.25, 0.3) is 0 Å². The third-order valence-corrected chi connectivity index (χ3v) is 2.41. The highest BCUT2D eigenvalue weighted by Gasteiger charge is 2.08. The minimum atomic E-state index is 0.774. The van der Waals surface area contributed by atoms with Crippen LogP contribution in [0.15, 0.2) is 23.0 Å². The van der Waals surface area contributed by atoms with E-state index in [0.29, 0.717) is 0 Å². The molecular formula is C11H18O. The van der Waals surface area contributed by atoms with Crippen LogP contribution in [0.5, 0.6) is 0 Å². The predicted octanol–water partition coefficient (Wildman–Crippen LogP) is 3.43. The maximum Gasteiger partial charge on any atom is 0.0960 e. The molecule has 0 aromatic heterocycles. The molecule has 0 amide bonds. The van der Waals surface area contributed by atoms with Gasteiger partial charge in [-0.25, -0.2) is 0 Å². The van der Waals surface area contributed by atoms with Crippen LogP contribution >= 0.6 is 0 Å². The fraction of sp³-hybridized carbons (Fsp3) is 0.636. The van der Waals surface area contributed by atoms with Gasteiger partial charge in [-0.05, 0) is 51.2 Å². The highest BCUT2D eigenvalue weighted by Crippen LogP contribution is 2.26. The molecule has 0 spiro atoms. The fourth-order valence-electron chi connectivity index (χ4n) is 1.56. The first-order valence-corrected chi connectivity index (χ1v) is 4.75. The summed E-state index contributed by atoms with van der Waals surface area (Å²) in [6.45, 7) is 7.01. The second kappa shape index (κ2) is 4.34. The van der Waals surface area contributed by atoms with Gasteiger partial charge in [0, 0.05) is 0 Å². The molecule has 0 atom stereocenters. The predicted molar refractivity (Wildman–Crippen MR) is 51.9 cm³/mol. The van der Waals surface area contributed by atoms with Gasteiger partial charge >= 0.3 is 0 Å². The molecule has 0 N–H and O–H groups in total. The lowest BCUT2D eigenvalue weighted by molar-refractivity contribution is 0.228. The number of allylic oxidation sites excluding steroid dienone is 4. The topological polar surface area (TPSA) is 9.23 Å². The van der Waals surface area contributed by atoms with E-state index in [1.54, 1.807) is 0 Å². The summed E-state index contributed by atoms with van der Waals surface area (Å²) in [5, 5.41) is 0. The largest absolute Gasteiger partial charge is 0.498 e. The summed E-state index contributed by atoms with van der Waals surface area (Å²) in [6, 6.07) is 0. The van der Waals surface area contributed by atoms with Gasteiger partial charge in [0.05, 0.1) is 12.4 Å². The molecule has 12 heavy (non-hydrogen) atoms. The quantitative estimate of drug-likeness (QED) is 0.584. The third-order valence-electron chi connectivity index (χ3n) is 2.41. The zero-order chi connectivity index (χ0) is 8.97. The number of hydrogen-bond acceptors (Lipinski definition) is 1. The molecule has 0 saturated heterocycles. The molecule has 0 saturated carbocycles. The van der Waals surface area contributed by atoms with Gasteiger partial charge in [0.1, 0.15) is 0 Å². The van der Waals surface area contributed by atoms with Crippen molar-refractivity contribution >= 4 is 0 Å². The standard InChI is InChI=1S/C11H18O/c1-4-12-10(3)9(2)11-7-5-6-8-11/h7H,4-6,8H2,1-3H3. The maximum atomic E-state index is 5.45. The molecule has 1 aliphatic carbocycles. The number of ether oxygens (including phenoxy) is 1. The zero-order valence-corrected chi connectivity index (χ0v) is 8.31. The third kappa shape index (κ3) is 2.13. The minimum Gasteiger partial charge on any atom is -0.498 e. The van der Waals surface area contributed by atoms with E-state index in [1.165, 1.54) is 30.4 Å². The maximum absolute atomic E-state index is 5.45. The summed E-state index contributed by atoms with van der Waals surface area (Å²) < 4.78 is 5.45. The normalized spacial score (nSPS) is 18.8. The fourth-order valence-corrected chi connectivity index (χ4v) is 1.56. The van der Waals surface area contributed by atoms with Crippen LogP contribution in [0.1, 0.15) is 40.0 Å². The second-order valence-corrected chi connectivity index (χ2v) is 3.24. The first kappa shape index (κ1) is 9.37. The summed E-state index contributed by atoms with van der Waals surface area (Å²) in [4.78, 5) is 0. The monoisotopic (exact) mass is 166 g/mol. The molecule has 0 aliphatic heterocycles. The number of rotatable bonds is 3. The Kier molecular flexibility index (Phi) is 3.39. The molecule has 68 valence electrons. The van der Waals surface area contributed by atoms with Crippen molar-refractivity contribution in [2.24, 2.45) is 0 Å². The van der Waals surface area contributed by atoms with Crippen LogP contribution in [-0.4, -0.2) is 6.61 Å². The highest BCUT2D eigenvalue weighted by atomic mass is 16.5. The van der Waals surface area contributed by atoms with Gasteiger partial charge in [0.25, 0.3) is 0 Å². The van der Waals surface area contributed by atoms with E-state index >= 15 is 0 Å². The molecule has 0 bridgehead atoms. The average molecular weight is 166 g/mol. The lowest BCUT2D eigenvalue weighted by atomic mass is 10.1. The summed E-state index contributed by atoms with van der Waals surface area (Å²) in [5.41, 5.74) is 2.83. The summed E-state index contributed by atoms with van der Waals surface area (Å²) in [6.07, 6.45) is 6.12. The van der Waals surface area contributed by atoms with E-state index in [9.17, 15) is 0 Å². The SMILES string of the molecule is CCOC(C)=C(C)C1=CCCC1. The van der Waals surface area contributed by atoms with Gasteiger partial charge in [0.2, 0.25) is 0 Å². The van der Waals surface area contributed by atoms with Gasteiger partial charge in [-0.2, -0.15) is 0 Å². The first-order valence-electron chi connectivity index (χ1n) is 4.75. The van der Waals surface area contributed by atoms with E-state index in [4.69, 9.17) is 4.74 Å². The van der Waals surface area contributed by atoms with Crippen molar-refractivity contribution in [1.29, 1.82) is 0 Å². The van der Waals surface area contributed by atoms with E-state index in [-0.39, 0.29) is 0 Å². The van der Waals surface area contributed by atoms with Crippen molar-refractivity contribution in [2.75, 3.05) is 6.61 Å². The Hall–Kier alpha value is -0.720. The van der Waals surface area contributed by atoms with Gasteiger partial charge in [-0.1, -0.05) is 6.08 Å². The number of hydrogen-bond donors (Lipinski definition) is 0. The van der Waals surface area contributed by atoms with Crippen molar-refractivity contribution < 1.29 is 4.74 Å². The average Bonchev–Trinajstić information content (AvgIpc) is 2.55. The van der Waals surface area contributed by atoms with E-state index in [2.05, 4.69) is 19.9 Å². The Labute approximate surface area is 75.1 Å². The van der Waals surface area contributed by atoms with Crippen LogP contribution in [0, 0.1) is 0 Å². The van der Waals surface area contributed by atoms with Crippen LogP contribution in [0.3, 0.4) is 0 Å². The summed E-state index contributed by atoms with van der Waals surface area (Å²) in [7, 11) is 0. The van der Waals surface area contributed by atoms with Gasteiger partial charge < -0.3 is 4.74 Å². The molecule has 1 rings (SSSR count). The van der Waals surface area contributed by atoms with Crippen LogP contribution in [0.4, 0.5) is 0 Å². The molecule has 0 aromatic carbocycles. The second-order valence-electron chi connectivity index (χ2n) is 3.24.